The highest BCUT2D eigenvalue weighted by atomic mass is 32.2. The largest absolute Gasteiger partial charge is 0.457 e. The molecule has 7 rings (SSSR count). The first kappa shape index (κ1) is 19.2. The van der Waals surface area contributed by atoms with Gasteiger partial charge in [0.1, 0.15) is 11.5 Å². The molecule has 31 heavy (non-hydrogen) atoms. The van der Waals surface area contributed by atoms with E-state index in [0.717, 1.165) is 40.8 Å². The monoisotopic (exact) mass is 431 g/mol. The van der Waals surface area contributed by atoms with Gasteiger partial charge in [0, 0.05) is 5.56 Å². The zero-order valence-electron chi connectivity index (χ0n) is 17.3. The lowest BCUT2D eigenvalue weighted by Gasteiger charge is -2.57. The molecule has 2 amide bonds. The van der Waals surface area contributed by atoms with Crippen LogP contribution in [-0.2, 0) is 10.2 Å². The van der Waals surface area contributed by atoms with Crippen LogP contribution in [0.1, 0.15) is 49.7 Å². The van der Waals surface area contributed by atoms with Gasteiger partial charge in [0.2, 0.25) is 0 Å². The SMILES string of the molecule is O=C1NC(=O)/C(=C/c2ccccc2Oc2ccc(C34CC5CC(CC(C5)C3)C4)cc2)S1. The molecule has 5 fully saturated rings. The molecule has 1 aliphatic heterocycles. The van der Waals surface area contributed by atoms with Crippen LogP contribution in [0.15, 0.2) is 53.4 Å². The molecule has 4 bridgehead atoms. The highest BCUT2D eigenvalue weighted by Crippen LogP contribution is 2.60. The predicted octanol–water partition coefficient (Wildman–Crippen LogP) is 6.27. The third-order valence-corrected chi connectivity index (χ3v) is 8.39. The van der Waals surface area contributed by atoms with E-state index in [1.54, 1.807) is 6.08 Å². The van der Waals surface area contributed by atoms with E-state index in [1.807, 2.05) is 24.3 Å². The molecule has 5 aliphatic rings. The van der Waals surface area contributed by atoms with Gasteiger partial charge in [0.05, 0.1) is 4.91 Å². The molecule has 4 aliphatic carbocycles. The Hall–Kier alpha value is -2.53. The summed E-state index contributed by atoms with van der Waals surface area (Å²) in [6.45, 7) is 0. The first-order valence-electron chi connectivity index (χ1n) is 11.2. The van der Waals surface area contributed by atoms with Gasteiger partial charge in [-0.15, -0.1) is 0 Å². The van der Waals surface area contributed by atoms with Gasteiger partial charge in [0.15, 0.2) is 0 Å². The second-order valence-corrected chi connectivity index (χ2v) is 10.7. The second-order valence-electron chi connectivity index (χ2n) is 9.71. The lowest BCUT2D eigenvalue weighted by atomic mass is 9.48. The summed E-state index contributed by atoms with van der Waals surface area (Å²) in [5.74, 6) is 3.90. The molecule has 0 aromatic heterocycles. The van der Waals surface area contributed by atoms with Crippen LogP contribution < -0.4 is 10.1 Å². The van der Waals surface area contributed by atoms with Crippen LogP contribution in [0.5, 0.6) is 11.5 Å². The molecule has 5 heteroatoms. The summed E-state index contributed by atoms with van der Waals surface area (Å²) in [5.41, 5.74) is 2.64. The van der Waals surface area contributed by atoms with Crippen molar-refractivity contribution in [2.75, 3.05) is 0 Å². The topological polar surface area (TPSA) is 55.4 Å². The van der Waals surface area contributed by atoms with E-state index < -0.39 is 0 Å². The Balaban J connectivity index is 1.24. The van der Waals surface area contributed by atoms with Crippen molar-refractivity contribution >= 4 is 29.0 Å². The number of rotatable bonds is 4. The van der Waals surface area contributed by atoms with E-state index in [-0.39, 0.29) is 11.1 Å². The molecule has 0 atom stereocenters. The van der Waals surface area contributed by atoms with Gasteiger partial charge in [-0.1, -0.05) is 30.3 Å². The first-order valence-corrected chi connectivity index (χ1v) is 12.0. The van der Waals surface area contributed by atoms with Crippen molar-refractivity contribution in [1.29, 1.82) is 0 Å². The maximum Gasteiger partial charge on any atom is 0.290 e. The summed E-state index contributed by atoms with van der Waals surface area (Å²) in [6.07, 6.45) is 10.1. The van der Waals surface area contributed by atoms with Gasteiger partial charge in [0.25, 0.3) is 11.1 Å². The van der Waals surface area contributed by atoms with Crippen LogP contribution in [0.3, 0.4) is 0 Å². The molecule has 1 N–H and O–H groups in total. The van der Waals surface area contributed by atoms with Crippen molar-refractivity contribution in [3.05, 3.63) is 64.6 Å². The lowest BCUT2D eigenvalue weighted by Crippen LogP contribution is -2.48. The summed E-state index contributed by atoms with van der Waals surface area (Å²) >= 11 is 0.919. The first-order chi connectivity index (χ1) is 15.1. The number of amides is 2. The van der Waals surface area contributed by atoms with Gasteiger partial charge in [-0.3, -0.25) is 14.9 Å². The summed E-state index contributed by atoms with van der Waals surface area (Å²) < 4.78 is 6.19. The fraction of sp³-hybridized carbons (Fsp3) is 0.385. The van der Waals surface area contributed by atoms with Crippen molar-refractivity contribution in [1.82, 2.24) is 5.32 Å². The van der Waals surface area contributed by atoms with Gasteiger partial charge in [-0.2, -0.15) is 0 Å². The number of ether oxygens (including phenoxy) is 1. The van der Waals surface area contributed by atoms with E-state index in [1.165, 1.54) is 44.1 Å². The highest BCUT2D eigenvalue weighted by Gasteiger charge is 2.51. The number of carbonyl (C=O) groups is 2. The number of para-hydroxylation sites is 1. The quantitative estimate of drug-likeness (QED) is 0.580. The Bertz CT molecular complexity index is 1050. The molecule has 1 heterocycles. The fourth-order valence-electron chi connectivity index (χ4n) is 6.72. The summed E-state index contributed by atoms with van der Waals surface area (Å²) in [7, 11) is 0. The normalized spacial score (nSPS) is 32.5. The minimum atomic E-state index is -0.357. The molecule has 2 aromatic rings. The molecule has 158 valence electrons. The van der Waals surface area contributed by atoms with Crippen molar-refractivity contribution in [2.45, 2.75) is 43.9 Å². The van der Waals surface area contributed by atoms with Gasteiger partial charge in [-0.05, 0) is 103 Å². The van der Waals surface area contributed by atoms with E-state index in [2.05, 4.69) is 29.6 Å². The van der Waals surface area contributed by atoms with Gasteiger partial charge >= 0.3 is 0 Å². The Morgan fingerprint density at radius 2 is 1.55 bits per heavy atom. The molecule has 4 saturated carbocycles. The molecule has 4 nitrogen and oxygen atoms in total. The highest BCUT2D eigenvalue weighted by molar-refractivity contribution is 8.18. The Morgan fingerprint density at radius 3 is 2.16 bits per heavy atom. The number of imide groups is 1. The third kappa shape index (κ3) is 3.49. The summed E-state index contributed by atoms with van der Waals surface area (Å²) in [4.78, 5) is 23.7. The number of hydrogen-bond donors (Lipinski definition) is 1. The molecule has 2 aromatic carbocycles. The van der Waals surface area contributed by atoms with Crippen LogP contribution in [0.4, 0.5) is 4.79 Å². The minimum absolute atomic E-state index is 0.338. The number of hydrogen-bond acceptors (Lipinski definition) is 4. The van der Waals surface area contributed by atoms with E-state index in [9.17, 15) is 9.59 Å². The maximum absolute atomic E-state index is 11.9. The molecular weight excluding hydrogens is 406 g/mol. The minimum Gasteiger partial charge on any atom is -0.457 e. The standard InChI is InChI=1S/C26H25NO3S/c28-24-23(31-25(29)27-24)12-19-3-1-2-4-22(19)30-21-7-5-20(6-8-21)26-13-16-9-17(14-26)11-18(10-16)15-26/h1-8,12,16-18H,9-11,13-15H2,(H,27,28,29)/b23-12-. The van der Waals surface area contributed by atoms with Crippen LogP contribution >= 0.6 is 11.8 Å². The smallest absolute Gasteiger partial charge is 0.290 e. The number of carbonyl (C=O) groups excluding carboxylic acids is 2. The van der Waals surface area contributed by atoms with Crippen molar-refractivity contribution in [2.24, 2.45) is 17.8 Å². The molecule has 0 spiro atoms. The third-order valence-electron chi connectivity index (χ3n) is 7.58. The maximum atomic E-state index is 11.9. The zero-order valence-corrected chi connectivity index (χ0v) is 18.1. The van der Waals surface area contributed by atoms with E-state index in [4.69, 9.17) is 4.74 Å². The molecular formula is C26H25NO3S. The lowest BCUT2D eigenvalue weighted by molar-refractivity contribution is -0.115. The molecule has 1 saturated heterocycles. The van der Waals surface area contributed by atoms with Gasteiger partial charge < -0.3 is 4.74 Å². The summed E-state index contributed by atoms with van der Waals surface area (Å²) in [6, 6.07) is 16.3. The molecule has 0 radical (unpaired) electrons. The average Bonchev–Trinajstić information content (AvgIpc) is 3.05. The second kappa shape index (κ2) is 7.27. The fourth-order valence-corrected chi connectivity index (χ4v) is 7.40. The Morgan fingerprint density at radius 1 is 0.903 bits per heavy atom. The summed E-state index contributed by atoms with van der Waals surface area (Å²) in [5, 5.41) is 1.95. The van der Waals surface area contributed by atoms with Crippen molar-refractivity contribution in [3.63, 3.8) is 0 Å². The average molecular weight is 432 g/mol. The van der Waals surface area contributed by atoms with Crippen LogP contribution in [0, 0.1) is 17.8 Å². The van der Waals surface area contributed by atoms with Gasteiger partial charge in [-0.25, -0.2) is 0 Å². The van der Waals surface area contributed by atoms with E-state index >= 15 is 0 Å². The number of benzene rings is 2. The van der Waals surface area contributed by atoms with Crippen molar-refractivity contribution in [3.8, 4) is 11.5 Å². The van der Waals surface area contributed by atoms with Crippen LogP contribution in [0.2, 0.25) is 0 Å². The van der Waals surface area contributed by atoms with Crippen LogP contribution in [0.25, 0.3) is 6.08 Å². The van der Waals surface area contributed by atoms with Crippen molar-refractivity contribution < 1.29 is 14.3 Å². The Labute approximate surface area is 186 Å². The number of thioether (sulfide) groups is 1. The number of nitrogens with one attached hydrogen (secondary N) is 1. The van der Waals surface area contributed by atoms with Crippen LogP contribution in [-0.4, -0.2) is 11.1 Å². The zero-order chi connectivity index (χ0) is 21.0. The Kier molecular flexibility index (Phi) is 4.49. The predicted molar refractivity (Wildman–Crippen MR) is 122 cm³/mol. The molecule has 0 unspecified atom stereocenters. The van der Waals surface area contributed by atoms with E-state index in [0.29, 0.717) is 16.1 Å².